The van der Waals surface area contributed by atoms with Gasteiger partial charge in [-0.3, -0.25) is 9.80 Å². The minimum Gasteiger partial charge on any atom is -0.477 e. The molecule has 0 saturated carbocycles. The van der Waals surface area contributed by atoms with Crippen LogP contribution in [0.5, 0.6) is 0 Å². The van der Waals surface area contributed by atoms with Crippen molar-refractivity contribution in [1.29, 1.82) is 0 Å². The molecule has 5 nitrogen and oxygen atoms in total. The van der Waals surface area contributed by atoms with Gasteiger partial charge in [-0.05, 0) is 51.0 Å². The van der Waals surface area contributed by atoms with Gasteiger partial charge in [-0.15, -0.1) is 0 Å². The van der Waals surface area contributed by atoms with E-state index in [1.165, 1.54) is 32.4 Å². The monoisotopic (exact) mass is 275 g/mol. The van der Waals surface area contributed by atoms with Crippen LogP contribution in [0.3, 0.4) is 0 Å². The zero-order chi connectivity index (χ0) is 13.9. The van der Waals surface area contributed by atoms with E-state index < -0.39 is 5.97 Å². The summed E-state index contributed by atoms with van der Waals surface area (Å²) in [7, 11) is 0. The average Bonchev–Trinajstić information content (AvgIpc) is 2.78. The summed E-state index contributed by atoms with van der Waals surface area (Å²) in [6.45, 7) is 5.35. The van der Waals surface area contributed by atoms with Gasteiger partial charge in [-0.1, -0.05) is 6.07 Å². The Balaban J connectivity index is 1.67. The van der Waals surface area contributed by atoms with E-state index in [0.29, 0.717) is 6.04 Å². The Kier molecular flexibility index (Phi) is 3.98. The predicted molar refractivity (Wildman–Crippen MR) is 75.7 cm³/mol. The fourth-order valence-electron chi connectivity index (χ4n) is 3.34. The Morgan fingerprint density at radius 3 is 3.00 bits per heavy atom. The second-order valence-electron chi connectivity index (χ2n) is 5.74. The zero-order valence-corrected chi connectivity index (χ0v) is 11.7. The van der Waals surface area contributed by atoms with Gasteiger partial charge in [0.1, 0.15) is 5.69 Å². The predicted octanol–water partition coefficient (Wildman–Crippen LogP) is 1.45. The summed E-state index contributed by atoms with van der Waals surface area (Å²) in [4.78, 5) is 20.2. The van der Waals surface area contributed by atoms with E-state index in [1.807, 2.05) is 6.07 Å². The molecule has 0 radical (unpaired) electrons. The fraction of sp³-hybridized carbons (Fsp3) is 0.600. The Hall–Kier alpha value is -1.46. The minimum atomic E-state index is -0.954. The van der Waals surface area contributed by atoms with Crippen LogP contribution in [0.2, 0.25) is 0 Å². The molecule has 0 spiro atoms. The molecule has 1 aromatic heterocycles. The second-order valence-corrected chi connectivity index (χ2v) is 5.74. The van der Waals surface area contributed by atoms with E-state index in [1.54, 1.807) is 12.1 Å². The maximum atomic E-state index is 11.0. The number of hydrogen-bond donors (Lipinski definition) is 1. The smallest absolute Gasteiger partial charge is 0.354 e. The number of fused-ring (bicyclic) bond motifs is 1. The van der Waals surface area contributed by atoms with Gasteiger partial charge >= 0.3 is 5.97 Å². The molecule has 20 heavy (non-hydrogen) atoms. The van der Waals surface area contributed by atoms with Crippen LogP contribution in [0.15, 0.2) is 18.2 Å². The van der Waals surface area contributed by atoms with Gasteiger partial charge in [-0.2, -0.15) is 0 Å². The van der Waals surface area contributed by atoms with Crippen LogP contribution < -0.4 is 0 Å². The highest BCUT2D eigenvalue weighted by Crippen LogP contribution is 2.22. The number of nitrogens with zero attached hydrogens (tertiary/aromatic N) is 3. The van der Waals surface area contributed by atoms with Crippen LogP contribution in [0, 0.1) is 0 Å². The van der Waals surface area contributed by atoms with Crippen LogP contribution in [-0.4, -0.2) is 58.1 Å². The summed E-state index contributed by atoms with van der Waals surface area (Å²) in [6.07, 6.45) is 3.79. The quantitative estimate of drug-likeness (QED) is 0.905. The van der Waals surface area contributed by atoms with Crippen LogP contribution in [0.1, 0.15) is 35.4 Å². The molecule has 0 aromatic carbocycles. The standard InChI is InChI=1S/C15H21N3O2/c19-15(20)14-6-1-4-12(16-14)10-17-7-3-9-18-8-2-5-13(18)11-17/h1,4,6,13H,2-3,5,7-11H2,(H,19,20). The molecule has 5 heteroatoms. The molecule has 2 aliphatic heterocycles. The van der Waals surface area contributed by atoms with Crippen molar-refractivity contribution < 1.29 is 9.90 Å². The molecule has 0 bridgehead atoms. The first-order valence-electron chi connectivity index (χ1n) is 7.38. The first kappa shape index (κ1) is 13.5. The molecule has 0 aliphatic carbocycles. The molecular weight excluding hydrogens is 254 g/mol. The van der Waals surface area contributed by atoms with E-state index in [9.17, 15) is 4.79 Å². The molecule has 1 aromatic rings. The third kappa shape index (κ3) is 2.99. The van der Waals surface area contributed by atoms with E-state index in [4.69, 9.17) is 5.11 Å². The summed E-state index contributed by atoms with van der Waals surface area (Å²) in [5, 5.41) is 9.00. The lowest BCUT2D eigenvalue weighted by Crippen LogP contribution is -2.36. The van der Waals surface area contributed by atoms with Gasteiger partial charge in [-0.25, -0.2) is 9.78 Å². The van der Waals surface area contributed by atoms with E-state index >= 15 is 0 Å². The van der Waals surface area contributed by atoms with Crippen LogP contribution in [-0.2, 0) is 6.54 Å². The highest BCUT2D eigenvalue weighted by molar-refractivity contribution is 5.85. The van der Waals surface area contributed by atoms with Gasteiger partial charge in [0, 0.05) is 19.1 Å². The van der Waals surface area contributed by atoms with Gasteiger partial charge in [0.15, 0.2) is 0 Å². The number of aromatic nitrogens is 1. The summed E-state index contributed by atoms with van der Waals surface area (Å²) >= 11 is 0. The van der Waals surface area contributed by atoms with Crippen LogP contribution in [0.4, 0.5) is 0 Å². The third-order valence-corrected chi connectivity index (χ3v) is 4.30. The van der Waals surface area contributed by atoms with Gasteiger partial charge in [0.25, 0.3) is 0 Å². The number of rotatable bonds is 3. The highest BCUT2D eigenvalue weighted by Gasteiger charge is 2.28. The minimum absolute atomic E-state index is 0.139. The maximum Gasteiger partial charge on any atom is 0.354 e. The molecule has 0 amide bonds. The Morgan fingerprint density at radius 1 is 1.30 bits per heavy atom. The Labute approximate surface area is 119 Å². The summed E-state index contributed by atoms with van der Waals surface area (Å²) in [5.74, 6) is -0.954. The van der Waals surface area contributed by atoms with Crippen molar-refractivity contribution in [3.8, 4) is 0 Å². The van der Waals surface area contributed by atoms with Crippen molar-refractivity contribution in [2.45, 2.75) is 31.8 Å². The molecule has 3 heterocycles. The van der Waals surface area contributed by atoms with Crippen molar-refractivity contribution in [2.75, 3.05) is 26.2 Å². The van der Waals surface area contributed by atoms with Gasteiger partial charge in [0.2, 0.25) is 0 Å². The van der Waals surface area contributed by atoms with Crippen molar-refractivity contribution in [3.63, 3.8) is 0 Å². The molecule has 1 unspecified atom stereocenters. The molecule has 2 fully saturated rings. The fourth-order valence-corrected chi connectivity index (χ4v) is 3.34. The topological polar surface area (TPSA) is 56.7 Å². The summed E-state index contributed by atoms with van der Waals surface area (Å²) in [5.41, 5.74) is 0.996. The number of aromatic carboxylic acids is 1. The summed E-state index contributed by atoms with van der Waals surface area (Å²) < 4.78 is 0. The summed E-state index contributed by atoms with van der Waals surface area (Å²) in [6, 6.07) is 5.93. The molecule has 1 atom stereocenters. The average molecular weight is 275 g/mol. The number of carboxylic acids is 1. The molecule has 3 rings (SSSR count). The molecule has 1 N–H and O–H groups in total. The van der Waals surface area contributed by atoms with Crippen molar-refractivity contribution in [1.82, 2.24) is 14.8 Å². The third-order valence-electron chi connectivity index (χ3n) is 4.30. The van der Waals surface area contributed by atoms with Crippen molar-refractivity contribution in [2.24, 2.45) is 0 Å². The van der Waals surface area contributed by atoms with Crippen LogP contribution >= 0.6 is 0 Å². The maximum absolute atomic E-state index is 11.0. The lowest BCUT2D eigenvalue weighted by atomic mass is 10.2. The number of carbonyl (C=O) groups is 1. The highest BCUT2D eigenvalue weighted by atomic mass is 16.4. The lowest BCUT2D eigenvalue weighted by molar-refractivity contribution is 0.0690. The lowest BCUT2D eigenvalue weighted by Gasteiger charge is -2.25. The SMILES string of the molecule is O=C(O)c1cccc(CN2CCCN3CCCC3C2)n1. The van der Waals surface area contributed by atoms with Crippen molar-refractivity contribution >= 4 is 5.97 Å². The number of carboxylic acid groups (broad SMARTS) is 1. The largest absolute Gasteiger partial charge is 0.477 e. The second kappa shape index (κ2) is 5.89. The van der Waals surface area contributed by atoms with E-state index in [2.05, 4.69) is 14.8 Å². The molecular formula is C15H21N3O2. The molecule has 108 valence electrons. The normalized spacial score (nSPS) is 24.3. The Morgan fingerprint density at radius 2 is 2.15 bits per heavy atom. The van der Waals surface area contributed by atoms with Gasteiger partial charge in [0.05, 0.1) is 5.69 Å². The van der Waals surface area contributed by atoms with Gasteiger partial charge < -0.3 is 5.11 Å². The Bertz CT molecular complexity index is 492. The molecule has 2 aliphatic rings. The first-order valence-corrected chi connectivity index (χ1v) is 7.38. The van der Waals surface area contributed by atoms with Crippen LogP contribution in [0.25, 0.3) is 0 Å². The number of hydrogen-bond acceptors (Lipinski definition) is 4. The number of pyridine rings is 1. The van der Waals surface area contributed by atoms with Crippen molar-refractivity contribution in [3.05, 3.63) is 29.6 Å². The van der Waals surface area contributed by atoms with E-state index in [0.717, 1.165) is 25.3 Å². The molecule has 2 saturated heterocycles. The first-order chi connectivity index (χ1) is 9.72. The van der Waals surface area contributed by atoms with E-state index in [-0.39, 0.29) is 5.69 Å². The zero-order valence-electron chi connectivity index (χ0n) is 11.7.